The molecule has 0 radical (unpaired) electrons. The smallest absolute Gasteiger partial charge is 0.125 e. The molecule has 0 bridgehead atoms. The first-order chi connectivity index (χ1) is 8.75. The van der Waals surface area contributed by atoms with E-state index >= 15 is 0 Å². The molecule has 1 rings (SSSR count). The molecule has 0 unspecified atom stereocenters. The summed E-state index contributed by atoms with van der Waals surface area (Å²) in [6.07, 6.45) is 3.32. The zero-order valence-electron chi connectivity index (χ0n) is 11.6. The Bertz CT molecular complexity index is 319. The molecule has 0 fully saturated rings. The molecule has 0 spiro atoms. The second-order valence-electron chi connectivity index (χ2n) is 4.53. The van der Waals surface area contributed by atoms with Crippen molar-refractivity contribution in [1.29, 1.82) is 0 Å². The van der Waals surface area contributed by atoms with E-state index in [-0.39, 0.29) is 0 Å². The predicted octanol–water partition coefficient (Wildman–Crippen LogP) is 2.83. The average Bonchev–Trinajstić information content (AvgIpc) is 2.35. The highest BCUT2D eigenvalue weighted by Crippen LogP contribution is 2.21. The van der Waals surface area contributed by atoms with E-state index in [1.807, 2.05) is 6.07 Å². The van der Waals surface area contributed by atoms with Gasteiger partial charge in [-0.05, 0) is 50.8 Å². The van der Waals surface area contributed by atoms with Crippen molar-refractivity contribution in [1.82, 2.24) is 0 Å². The molecule has 3 heteroatoms. The summed E-state index contributed by atoms with van der Waals surface area (Å²) in [6, 6.07) is 6.18. The molecule has 0 saturated carbocycles. The molecule has 0 aliphatic heterocycles. The normalized spacial score (nSPS) is 10.6. The van der Waals surface area contributed by atoms with Gasteiger partial charge in [-0.15, -0.1) is 0 Å². The third-order valence-electron chi connectivity index (χ3n) is 2.88. The van der Waals surface area contributed by atoms with Crippen molar-refractivity contribution in [2.75, 3.05) is 26.4 Å². The van der Waals surface area contributed by atoms with Gasteiger partial charge in [-0.3, -0.25) is 0 Å². The van der Waals surface area contributed by atoms with Crippen molar-refractivity contribution in [3.05, 3.63) is 29.3 Å². The summed E-state index contributed by atoms with van der Waals surface area (Å²) < 4.78 is 11.3. The monoisotopic (exact) mass is 251 g/mol. The highest BCUT2D eigenvalue weighted by atomic mass is 16.5. The van der Waals surface area contributed by atoms with Gasteiger partial charge >= 0.3 is 0 Å². The maximum atomic E-state index is 5.75. The maximum absolute atomic E-state index is 5.75. The van der Waals surface area contributed by atoms with Crippen molar-refractivity contribution >= 4 is 0 Å². The lowest BCUT2D eigenvalue weighted by Gasteiger charge is -2.12. The van der Waals surface area contributed by atoms with Gasteiger partial charge in [-0.1, -0.05) is 18.2 Å². The van der Waals surface area contributed by atoms with E-state index in [0.717, 1.165) is 38.2 Å². The topological polar surface area (TPSA) is 44.5 Å². The van der Waals surface area contributed by atoms with Crippen molar-refractivity contribution in [3.8, 4) is 5.75 Å². The van der Waals surface area contributed by atoms with Gasteiger partial charge in [0.1, 0.15) is 12.4 Å². The molecule has 3 nitrogen and oxygen atoms in total. The fourth-order valence-corrected chi connectivity index (χ4v) is 1.86. The Balaban J connectivity index is 2.11. The summed E-state index contributed by atoms with van der Waals surface area (Å²) in [5.41, 5.74) is 7.78. The Labute approximate surface area is 110 Å². The average molecular weight is 251 g/mol. The van der Waals surface area contributed by atoms with Gasteiger partial charge in [0.2, 0.25) is 0 Å². The van der Waals surface area contributed by atoms with Crippen LogP contribution in [0.25, 0.3) is 0 Å². The van der Waals surface area contributed by atoms with Gasteiger partial charge in [0.25, 0.3) is 0 Å². The molecule has 1 aromatic carbocycles. The second-order valence-corrected chi connectivity index (χ2v) is 4.53. The summed E-state index contributed by atoms with van der Waals surface area (Å²) in [6.45, 7) is 6.97. The fraction of sp³-hybridized carbons (Fsp3) is 0.600. The van der Waals surface area contributed by atoms with Crippen LogP contribution in [0.15, 0.2) is 18.2 Å². The molecule has 18 heavy (non-hydrogen) atoms. The van der Waals surface area contributed by atoms with E-state index < -0.39 is 0 Å². The minimum absolute atomic E-state index is 0.614. The van der Waals surface area contributed by atoms with E-state index in [1.54, 1.807) is 0 Å². The number of hydrogen-bond donors (Lipinski definition) is 1. The number of aryl methyl sites for hydroxylation is 2. The number of para-hydroxylation sites is 1. The molecular formula is C15H25NO2. The number of benzene rings is 1. The third-order valence-corrected chi connectivity index (χ3v) is 2.88. The fourth-order valence-electron chi connectivity index (χ4n) is 1.86. The van der Waals surface area contributed by atoms with Gasteiger partial charge in [0, 0.05) is 6.61 Å². The minimum Gasteiger partial charge on any atom is -0.491 e. The molecule has 0 atom stereocenters. The van der Waals surface area contributed by atoms with Crippen LogP contribution in [-0.2, 0) is 4.74 Å². The zero-order valence-corrected chi connectivity index (χ0v) is 11.6. The Hall–Kier alpha value is -1.06. The third kappa shape index (κ3) is 5.52. The summed E-state index contributed by atoms with van der Waals surface area (Å²) in [5.74, 6) is 0.990. The van der Waals surface area contributed by atoms with E-state index in [1.165, 1.54) is 11.1 Å². The van der Waals surface area contributed by atoms with E-state index in [9.17, 15) is 0 Å². The van der Waals surface area contributed by atoms with Crippen molar-refractivity contribution < 1.29 is 9.47 Å². The summed E-state index contributed by atoms with van der Waals surface area (Å²) in [4.78, 5) is 0. The molecule has 0 amide bonds. The van der Waals surface area contributed by atoms with E-state index in [4.69, 9.17) is 15.2 Å². The van der Waals surface area contributed by atoms with Crippen LogP contribution in [0.3, 0.4) is 0 Å². The predicted molar refractivity (Wildman–Crippen MR) is 75.1 cm³/mol. The first-order valence-corrected chi connectivity index (χ1v) is 6.72. The van der Waals surface area contributed by atoms with Crippen LogP contribution in [0.4, 0.5) is 0 Å². The van der Waals surface area contributed by atoms with Crippen molar-refractivity contribution in [3.63, 3.8) is 0 Å². The van der Waals surface area contributed by atoms with Gasteiger partial charge in [0.15, 0.2) is 0 Å². The van der Waals surface area contributed by atoms with Crippen LogP contribution < -0.4 is 10.5 Å². The lowest BCUT2D eigenvalue weighted by atomic mass is 10.1. The molecule has 0 aliphatic rings. The SMILES string of the molecule is Cc1cccc(C)c1OCCOCCCCCN. The van der Waals surface area contributed by atoms with E-state index in [2.05, 4.69) is 26.0 Å². The quantitative estimate of drug-likeness (QED) is 0.686. The number of hydrogen-bond acceptors (Lipinski definition) is 3. The Morgan fingerprint density at radius 2 is 1.67 bits per heavy atom. The standard InChI is InChI=1S/C15H25NO2/c1-13-7-6-8-14(2)15(13)18-12-11-17-10-5-3-4-9-16/h6-8H,3-5,9-12,16H2,1-2H3. The van der Waals surface area contributed by atoms with E-state index in [0.29, 0.717) is 13.2 Å². The molecule has 102 valence electrons. The minimum atomic E-state index is 0.614. The highest BCUT2D eigenvalue weighted by molar-refractivity contribution is 5.39. The summed E-state index contributed by atoms with van der Waals surface area (Å²) in [5, 5.41) is 0. The highest BCUT2D eigenvalue weighted by Gasteiger charge is 2.02. The Morgan fingerprint density at radius 3 is 2.33 bits per heavy atom. The molecule has 0 heterocycles. The lowest BCUT2D eigenvalue weighted by Crippen LogP contribution is -2.09. The second kappa shape index (κ2) is 8.95. The Kier molecular flexibility index (Phi) is 7.46. The Morgan fingerprint density at radius 1 is 0.944 bits per heavy atom. The van der Waals surface area contributed by atoms with Crippen LogP contribution in [0.5, 0.6) is 5.75 Å². The number of rotatable bonds is 9. The first kappa shape index (κ1) is 15.0. The van der Waals surface area contributed by atoms with Gasteiger partial charge in [0.05, 0.1) is 6.61 Å². The van der Waals surface area contributed by atoms with Crippen LogP contribution >= 0.6 is 0 Å². The van der Waals surface area contributed by atoms with Crippen molar-refractivity contribution in [2.24, 2.45) is 5.73 Å². The zero-order chi connectivity index (χ0) is 13.2. The van der Waals surface area contributed by atoms with Crippen molar-refractivity contribution in [2.45, 2.75) is 33.1 Å². The van der Waals surface area contributed by atoms with Gasteiger partial charge < -0.3 is 15.2 Å². The molecule has 0 aromatic heterocycles. The molecule has 0 saturated heterocycles. The van der Waals surface area contributed by atoms with Crippen LogP contribution in [0, 0.1) is 13.8 Å². The van der Waals surface area contributed by atoms with Crippen LogP contribution in [0.1, 0.15) is 30.4 Å². The molecular weight excluding hydrogens is 226 g/mol. The van der Waals surface area contributed by atoms with Gasteiger partial charge in [-0.25, -0.2) is 0 Å². The first-order valence-electron chi connectivity index (χ1n) is 6.72. The largest absolute Gasteiger partial charge is 0.491 e. The summed E-state index contributed by atoms with van der Waals surface area (Å²) in [7, 11) is 0. The molecule has 0 aliphatic carbocycles. The number of unbranched alkanes of at least 4 members (excludes halogenated alkanes) is 2. The van der Waals surface area contributed by atoms with Crippen LogP contribution in [-0.4, -0.2) is 26.4 Å². The molecule has 2 N–H and O–H groups in total. The maximum Gasteiger partial charge on any atom is 0.125 e. The van der Waals surface area contributed by atoms with Crippen LogP contribution in [0.2, 0.25) is 0 Å². The lowest BCUT2D eigenvalue weighted by molar-refractivity contribution is 0.0968. The molecule has 1 aromatic rings. The van der Waals surface area contributed by atoms with Gasteiger partial charge in [-0.2, -0.15) is 0 Å². The number of nitrogens with two attached hydrogens (primary N) is 1. The summed E-state index contributed by atoms with van der Waals surface area (Å²) >= 11 is 0. The number of ether oxygens (including phenoxy) is 2.